The van der Waals surface area contributed by atoms with Crippen LogP contribution in [0.4, 0.5) is 0 Å². The molecule has 3 aromatic rings. The van der Waals surface area contributed by atoms with Gasteiger partial charge in [-0.25, -0.2) is 4.98 Å². The molecule has 152 valence electrons. The maximum Gasteiger partial charge on any atom is 0.254 e. The third kappa shape index (κ3) is 5.81. The zero-order valence-electron chi connectivity index (χ0n) is 16.9. The summed E-state index contributed by atoms with van der Waals surface area (Å²) < 4.78 is 5.77. The van der Waals surface area contributed by atoms with Crippen LogP contribution in [0.5, 0.6) is 5.75 Å². The number of hydrogen-bond donors (Lipinski definition) is 0. The van der Waals surface area contributed by atoms with Crippen molar-refractivity contribution in [3.63, 3.8) is 0 Å². The molecule has 0 saturated carbocycles. The number of halogens is 1. The van der Waals surface area contributed by atoms with Crippen molar-refractivity contribution in [2.75, 3.05) is 0 Å². The van der Waals surface area contributed by atoms with Crippen LogP contribution in [-0.2, 0) is 13.2 Å². The maximum atomic E-state index is 13.1. The van der Waals surface area contributed by atoms with Gasteiger partial charge in [-0.05, 0) is 56.7 Å². The Morgan fingerprint density at radius 3 is 2.69 bits per heavy atom. The third-order valence-corrected chi connectivity index (χ3v) is 5.88. The van der Waals surface area contributed by atoms with Gasteiger partial charge in [0.2, 0.25) is 0 Å². The summed E-state index contributed by atoms with van der Waals surface area (Å²) in [5.74, 6) is 0.789. The van der Waals surface area contributed by atoms with Crippen molar-refractivity contribution >= 4 is 28.8 Å². The lowest BCUT2D eigenvalue weighted by Gasteiger charge is -2.28. The molecule has 1 unspecified atom stereocenters. The first-order chi connectivity index (χ1) is 14.0. The molecule has 0 aliphatic heterocycles. The number of ether oxygens (including phenoxy) is 1. The first kappa shape index (κ1) is 21.3. The lowest BCUT2D eigenvalue weighted by atomic mass is 10.1. The minimum Gasteiger partial charge on any atom is -0.486 e. The van der Waals surface area contributed by atoms with E-state index in [1.165, 1.54) is 0 Å². The smallest absolute Gasteiger partial charge is 0.254 e. The zero-order valence-corrected chi connectivity index (χ0v) is 18.5. The molecular formula is C23H25ClN2O2S. The van der Waals surface area contributed by atoms with Gasteiger partial charge >= 0.3 is 0 Å². The van der Waals surface area contributed by atoms with Crippen molar-refractivity contribution in [3.8, 4) is 5.75 Å². The Labute approximate surface area is 181 Å². The monoisotopic (exact) mass is 428 g/mol. The second-order valence-electron chi connectivity index (χ2n) is 7.03. The van der Waals surface area contributed by atoms with Crippen LogP contribution in [0.3, 0.4) is 0 Å². The molecule has 0 spiro atoms. The molecule has 0 N–H and O–H groups in total. The van der Waals surface area contributed by atoms with E-state index < -0.39 is 0 Å². The van der Waals surface area contributed by atoms with Crippen molar-refractivity contribution in [1.29, 1.82) is 0 Å². The van der Waals surface area contributed by atoms with Gasteiger partial charge in [0, 0.05) is 22.0 Å². The summed E-state index contributed by atoms with van der Waals surface area (Å²) in [6.07, 6.45) is 0.883. The Morgan fingerprint density at radius 1 is 1.24 bits per heavy atom. The highest BCUT2D eigenvalue weighted by atomic mass is 35.5. The van der Waals surface area contributed by atoms with Crippen molar-refractivity contribution in [2.24, 2.45) is 0 Å². The summed E-state index contributed by atoms with van der Waals surface area (Å²) in [6, 6.07) is 15.1. The van der Waals surface area contributed by atoms with E-state index in [4.69, 9.17) is 16.3 Å². The van der Waals surface area contributed by atoms with Crippen LogP contribution in [0.15, 0.2) is 53.9 Å². The summed E-state index contributed by atoms with van der Waals surface area (Å²) in [7, 11) is 0. The average molecular weight is 429 g/mol. The molecule has 1 atom stereocenters. The molecule has 0 aliphatic carbocycles. The Balaban J connectivity index is 1.68. The molecule has 1 amide bonds. The van der Waals surface area contributed by atoms with Crippen molar-refractivity contribution < 1.29 is 9.53 Å². The lowest BCUT2D eigenvalue weighted by molar-refractivity contribution is 0.0669. The molecule has 2 aromatic carbocycles. The number of rotatable bonds is 8. The highest BCUT2D eigenvalue weighted by Gasteiger charge is 2.22. The fraction of sp³-hybridized carbons (Fsp3) is 0.304. The molecule has 0 fully saturated rings. The molecule has 1 heterocycles. The molecular weight excluding hydrogens is 404 g/mol. The molecule has 6 heteroatoms. The van der Waals surface area contributed by atoms with Gasteiger partial charge in [-0.1, -0.05) is 36.2 Å². The van der Waals surface area contributed by atoms with Crippen LogP contribution < -0.4 is 4.74 Å². The van der Waals surface area contributed by atoms with Gasteiger partial charge in [0.25, 0.3) is 5.91 Å². The lowest BCUT2D eigenvalue weighted by Crippen LogP contribution is -2.38. The van der Waals surface area contributed by atoms with Gasteiger partial charge in [0.1, 0.15) is 17.4 Å². The fourth-order valence-electron chi connectivity index (χ4n) is 2.93. The van der Waals surface area contributed by atoms with Crippen molar-refractivity contribution in [1.82, 2.24) is 9.88 Å². The van der Waals surface area contributed by atoms with Crippen LogP contribution in [0.1, 0.15) is 46.9 Å². The number of aromatic nitrogens is 1. The van der Waals surface area contributed by atoms with Crippen LogP contribution in [0.2, 0.25) is 5.02 Å². The van der Waals surface area contributed by atoms with E-state index in [0.29, 0.717) is 23.7 Å². The van der Waals surface area contributed by atoms with Gasteiger partial charge in [-0.15, -0.1) is 11.3 Å². The second kappa shape index (κ2) is 9.90. The van der Waals surface area contributed by atoms with Crippen LogP contribution in [-0.4, -0.2) is 21.8 Å². The number of aryl methyl sites for hydroxylation is 1. The number of hydrogen-bond acceptors (Lipinski definition) is 4. The van der Waals surface area contributed by atoms with E-state index >= 15 is 0 Å². The molecule has 29 heavy (non-hydrogen) atoms. The van der Waals surface area contributed by atoms with Crippen LogP contribution in [0.25, 0.3) is 0 Å². The van der Waals surface area contributed by atoms with Gasteiger partial charge in [0.05, 0.1) is 12.2 Å². The predicted octanol–water partition coefficient (Wildman–Crippen LogP) is 6.12. The van der Waals surface area contributed by atoms with E-state index in [9.17, 15) is 4.79 Å². The number of thiazole rings is 1. The standard InChI is InChI=1S/C23H25ClN2O2S/c1-4-17(3)26(23(27)18-7-5-6-16(2)12-18)13-20-15-29-22(25-20)14-28-21-10-8-19(24)9-11-21/h5-12,15,17H,4,13-14H2,1-3H3. The molecule has 0 radical (unpaired) electrons. The second-order valence-corrected chi connectivity index (χ2v) is 8.41. The minimum absolute atomic E-state index is 0.0371. The fourth-order valence-corrected chi connectivity index (χ4v) is 3.75. The van der Waals surface area contributed by atoms with Gasteiger partial charge in [0.15, 0.2) is 0 Å². The normalized spacial score (nSPS) is 11.9. The summed E-state index contributed by atoms with van der Waals surface area (Å²) in [6.45, 7) is 7.04. The van der Waals surface area contributed by atoms with Crippen LogP contribution in [0, 0.1) is 6.92 Å². The van der Waals surface area contributed by atoms with Gasteiger partial charge < -0.3 is 9.64 Å². The third-order valence-electron chi connectivity index (χ3n) is 4.76. The quantitative estimate of drug-likeness (QED) is 0.433. The summed E-state index contributed by atoms with van der Waals surface area (Å²) in [5, 5.41) is 3.55. The summed E-state index contributed by atoms with van der Waals surface area (Å²) in [5.41, 5.74) is 2.67. The average Bonchev–Trinajstić information content (AvgIpc) is 3.18. The van der Waals surface area contributed by atoms with Crippen LogP contribution >= 0.6 is 22.9 Å². The summed E-state index contributed by atoms with van der Waals surface area (Å²) in [4.78, 5) is 19.7. The molecule has 0 bridgehead atoms. The Hall–Kier alpha value is -2.37. The first-order valence-electron chi connectivity index (χ1n) is 9.65. The number of amides is 1. The largest absolute Gasteiger partial charge is 0.486 e. The number of carbonyl (C=O) groups excluding carboxylic acids is 1. The number of benzene rings is 2. The first-order valence-corrected chi connectivity index (χ1v) is 10.9. The van der Waals surface area contributed by atoms with Crippen molar-refractivity contribution in [3.05, 3.63) is 80.8 Å². The number of nitrogens with zero attached hydrogens (tertiary/aromatic N) is 2. The Kier molecular flexibility index (Phi) is 7.29. The van der Waals surface area contributed by atoms with E-state index in [1.54, 1.807) is 23.5 Å². The molecule has 4 nitrogen and oxygen atoms in total. The topological polar surface area (TPSA) is 42.4 Å². The molecule has 0 aliphatic rings. The highest BCUT2D eigenvalue weighted by Crippen LogP contribution is 2.20. The SMILES string of the molecule is CCC(C)N(Cc1csc(COc2ccc(Cl)cc2)n1)C(=O)c1cccc(C)c1. The van der Waals surface area contributed by atoms with Gasteiger partial charge in [-0.2, -0.15) is 0 Å². The van der Waals surface area contributed by atoms with Crippen molar-refractivity contribution in [2.45, 2.75) is 46.4 Å². The Morgan fingerprint density at radius 2 is 2.00 bits per heavy atom. The van der Waals surface area contributed by atoms with E-state index in [2.05, 4.69) is 18.8 Å². The minimum atomic E-state index is 0.0371. The maximum absolute atomic E-state index is 13.1. The highest BCUT2D eigenvalue weighted by molar-refractivity contribution is 7.09. The van der Waals surface area contributed by atoms with E-state index in [1.807, 2.05) is 53.6 Å². The molecule has 3 rings (SSSR count). The predicted molar refractivity (Wildman–Crippen MR) is 119 cm³/mol. The van der Waals surface area contributed by atoms with E-state index in [-0.39, 0.29) is 11.9 Å². The Bertz CT molecular complexity index is 956. The van der Waals surface area contributed by atoms with E-state index in [0.717, 1.165) is 28.4 Å². The van der Waals surface area contributed by atoms with Gasteiger partial charge in [-0.3, -0.25) is 4.79 Å². The number of carbonyl (C=O) groups is 1. The zero-order chi connectivity index (χ0) is 20.8. The molecule has 0 saturated heterocycles. The summed E-state index contributed by atoms with van der Waals surface area (Å²) >= 11 is 7.44. The molecule has 1 aromatic heterocycles.